The van der Waals surface area contributed by atoms with Crippen LogP contribution in [0.3, 0.4) is 0 Å². The second-order valence-electron chi connectivity index (χ2n) is 6.71. The van der Waals surface area contributed by atoms with E-state index in [-0.39, 0.29) is 0 Å². The number of pyridine rings is 2. The molecule has 1 aliphatic rings. The Labute approximate surface area is 144 Å². The molecule has 0 spiro atoms. The molecule has 1 saturated carbocycles. The van der Waals surface area contributed by atoms with E-state index in [9.17, 15) is 0 Å². The zero-order valence-electron chi connectivity index (χ0n) is 13.8. The smallest absolute Gasteiger partial charge is 0.181 e. The fourth-order valence-corrected chi connectivity index (χ4v) is 4.86. The van der Waals surface area contributed by atoms with Gasteiger partial charge in [-0.15, -0.1) is 11.3 Å². The van der Waals surface area contributed by atoms with Crippen LogP contribution in [0.25, 0.3) is 32.5 Å². The molecule has 0 atom stereocenters. The molecule has 1 fully saturated rings. The third-order valence-corrected chi connectivity index (χ3v) is 6.45. The van der Waals surface area contributed by atoms with E-state index in [1.165, 1.54) is 30.2 Å². The monoisotopic (exact) mass is 334 g/mol. The Balaban J connectivity index is 1.62. The molecule has 5 heteroatoms. The highest BCUT2D eigenvalue weighted by molar-refractivity contribution is 7.19. The molecule has 4 aromatic rings. The van der Waals surface area contributed by atoms with Crippen molar-refractivity contribution in [2.75, 3.05) is 0 Å². The number of aryl methyl sites for hydroxylation is 2. The molecule has 24 heavy (non-hydrogen) atoms. The summed E-state index contributed by atoms with van der Waals surface area (Å²) in [7, 11) is 1.92. The van der Waals surface area contributed by atoms with E-state index in [1.807, 2.05) is 30.8 Å². The number of hydrogen-bond donors (Lipinski definition) is 0. The van der Waals surface area contributed by atoms with E-state index in [0.717, 1.165) is 33.0 Å². The van der Waals surface area contributed by atoms with Gasteiger partial charge in [0.25, 0.3) is 0 Å². The summed E-state index contributed by atoms with van der Waals surface area (Å²) in [6.07, 6.45) is 7.91. The zero-order chi connectivity index (χ0) is 16.3. The lowest BCUT2D eigenvalue weighted by atomic mass is 9.83. The van der Waals surface area contributed by atoms with Crippen LogP contribution in [0, 0.1) is 6.92 Å². The van der Waals surface area contributed by atoms with Gasteiger partial charge in [-0.1, -0.05) is 6.42 Å². The molecule has 0 N–H and O–H groups in total. The van der Waals surface area contributed by atoms with E-state index >= 15 is 0 Å². The molecule has 5 rings (SSSR count). The van der Waals surface area contributed by atoms with E-state index in [0.29, 0.717) is 0 Å². The number of rotatable bonds is 2. The first-order chi connectivity index (χ1) is 11.7. The van der Waals surface area contributed by atoms with Gasteiger partial charge in [0, 0.05) is 40.7 Å². The van der Waals surface area contributed by atoms with Gasteiger partial charge in [0.2, 0.25) is 0 Å². The number of thiophene rings is 1. The van der Waals surface area contributed by atoms with Gasteiger partial charge in [0.05, 0.1) is 5.69 Å². The Bertz CT molecular complexity index is 1070. The summed E-state index contributed by atoms with van der Waals surface area (Å²) < 4.78 is 1.80. The summed E-state index contributed by atoms with van der Waals surface area (Å²) in [4.78, 5) is 12.1. The predicted octanol–water partition coefficient (Wildman–Crippen LogP) is 4.82. The van der Waals surface area contributed by atoms with Crippen molar-refractivity contribution in [2.24, 2.45) is 7.05 Å². The zero-order valence-corrected chi connectivity index (χ0v) is 14.6. The number of nitrogens with zero attached hydrogens (tertiary/aromatic N) is 4. The van der Waals surface area contributed by atoms with E-state index in [1.54, 1.807) is 9.56 Å². The SMILES string of the molecule is Cc1c(C2CCC2)sc2nc(-c3cnc4nn(C)cc4c3)ccc12. The molecule has 4 heterocycles. The van der Waals surface area contributed by atoms with Gasteiger partial charge in [-0.2, -0.15) is 5.10 Å². The Morgan fingerprint density at radius 3 is 2.92 bits per heavy atom. The van der Waals surface area contributed by atoms with Crippen LogP contribution in [-0.2, 0) is 7.05 Å². The molecular formula is C19H18N4S. The number of hydrogen-bond acceptors (Lipinski definition) is 4. The van der Waals surface area contributed by atoms with E-state index < -0.39 is 0 Å². The lowest BCUT2D eigenvalue weighted by molar-refractivity contribution is 0.424. The number of fused-ring (bicyclic) bond motifs is 2. The first-order valence-electron chi connectivity index (χ1n) is 8.39. The maximum absolute atomic E-state index is 4.93. The number of aromatic nitrogens is 4. The summed E-state index contributed by atoms with van der Waals surface area (Å²) in [6, 6.07) is 6.46. The molecule has 4 aromatic heterocycles. The van der Waals surface area contributed by atoms with Crippen LogP contribution in [0.5, 0.6) is 0 Å². The molecule has 0 aliphatic heterocycles. The highest BCUT2D eigenvalue weighted by atomic mass is 32.1. The van der Waals surface area contributed by atoms with Crippen LogP contribution in [0.1, 0.15) is 35.6 Å². The standard InChI is InChI=1S/C19H18N4S/c1-11-15-6-7-16(21-19(15)24-17(11)12-4-3-5-12)13-8-14-10-23(2)22-18(14)20-9-13/h6-10,12H,3-5H2,1-2H3. The minimum atomic E-state index is 0.765. The minimum Gasteiger partial charge on any atom is -0.273 e. The van der Waals surface area contributed by atoms with Crippen molar-refractivity contribution in [3.63, 3.8) is 0 Å². The molecule has 0 amide bonds. The highest BCUT2D eigenvalue weighted by Crippen LogP contribution is 2.44. The first-order valence-corrected chi connectivity index (χ1v) is 9.20. The Kier molecular flexibility index (Phi) is 3.00. The van der Waals surface area contributed by atoms with Crippen molar-refractivity contribution in [1.29, 1.82) is 0 Å². The van der Waals surface area contributed by atoms with Crippen molar-refractivity contribution >= 4 is 32.6 Å². The van der Waals surface area contributed by atoms with Gasteiger partial charge < -0.3 is 0 Å². The largest absolute Gasteiger partial charge is 0.273 e. The van der Waals surface area contributed by atoms with E-state index in [4.69, 9.17) is 4.98 Å². The van der Waals surface area contributed by atoms with Crippen molar-refractivity contribution in [2.45, 2.75) is 32.1 Å². The molecule has 1 aliphatic carbocycles. The maximum atomic E-state index is 4.93. The Hall–Kier alpha value is -2.27. The van der Waals surface area contributed by atoms with Crippen molar-refractivity contribution in [3.05, 3.63) is 41.0 Å². The normalized spacial score (nSPS) is 15.2. The van der Waals surface area contributed by atoms with Crippen molar-refractivity contribution < 1.29 is 0 Å². The minimum absolute atomic E-state index is 0.765. The molecule has 4 nitrogen and oxygen atoms in total. The summed E-state index contributed by atoms with van der Waals surface area (Å²) in [5, 5.41) is 6.69. The molecule has 0 bridgehead atoms. The highest BCUT2D eigenvalue weighted by Gasteiger charge is 2.24. The van der Waals surface area contributed by atoms with Gasteiger partial charge >= 0.3 is 0 Å². The molecule has 0 saturated heterocycles. The fraction of sp³-hybridized carbons (Fsp3) is 0.316. The summed E-state index contributed by atoms with van der Waals surface area (Å²) in [6.45, 7) is 2.25. The fourth-order valence-electron chi connectivity index (χ4n) is 3.51. The van der Waals surface area contributed by atoms with Crippen LogP contribution in [-0.4, -0.2) is 19.7 Å². The molecule has 0 unspecified atom stereocenters. The van der Waals surface area contributed by atoms with Crippen LogP contribution in [0.4, 0.5) is 0 Å². The predicted molar refractivity (Wildman–Crippen MR) is 98.5 cm³/mol. The van der Waals surface area contributed by atoms with Crippen LogP contribution in [0.15, 0.2) is 30.6 Å². The van der Waals surface area contributed by atoms with Gasteiger partial charge in [0.1, 0.15) is 4.83 Å². The van der Waals surface area contributed by atoms with Gasteiger partial charge in [-0.05, 0) is 49.4 Å². The average Bonchev–Trinajstić information content (AvgIpc) is 3.04. The Morgan fingerprint density at radius 1 is 1.25 bits per heavy atom. The lowest BCUT2D eigenvalue weighted by Crippen LogP contribution is -2.07. The van der Waals surface area contributed by atoms with Gasteiger partial charge in [0.15, 0.2) is 5.65 Å². The van der Waals surface area contributed by atoms with Crippen molar-refractivity contribution in [1.82, 2.24) is 19.7 Å². The average molecular weight is 334 g/mol. The maximum Gasteiger partial charge on any atom is 0.181 e. The Morgan fingerprint density at radius 2 is 2.12 bits per heavy atom. The summed E-state index contributed by atoms with van der Waals surface area (Å²) >= 11 is 1.88. The third-order valence-electron chi connectivity index (χ3n) is 5.09. The summed E-state index contributed by atoms with van der Waals surface area (Å²) in [5.74, 6) is 0.765. The second-order valence-corrected chi connectivity index (χ2v) is 7.74. The van der Waals surface area contributed by atoms with Crippen LogP contribution in [0.2, 0.25) is 0 Å². The molecule has 0 aromatic carbocycles. The van der Waals surface area contributed by atoms with Gasteiger partial charge in [-0.25, -0.2) is 9.97 Å². The summed E-state index contributed by atoms with van der Waals surface area (Å²) in [5.41, 5.74) is 4.25. The molecule has 0 radical (unpaired) electrons. The quantitative estimate of drug-likeness (QED) is 0.528. The third kappa shape index (κ3) is 2.08. The van der Waals surface area contributed by atoms with Crippen LogP contribution >= 0.6 is 11.3 Å². The van der Waals surface area contributed by atoms with Crippen molar-refractivity contribution in [3.8, 4) is 11.3 Å². The van der Waals surface area contributed by atoms with E-state index in [2.05, 4.69) is 35.2 Å². The van der Waals surface area contributed by atoms with Crippen LogP contribution < -0.4 is 0 Å². The van der Waals surface area contributed by atoms with Gasteiger partial charge in [-0.3, -0.25) is 4.68 Å². The molecule has 120 valence electrons. The first kappa shape index (κ1) is 14.1. The molecular weight excluding hydrogens is 316 g/mol. The second kappa shape index (κ2) is 5.11. The topological polar surface area (TPSA) is 43.6 Å². The lowest BCUT2D eigenvalue weighted by Gasteiger charge is -2.24.